The summed E-state index contributed by atoms with van der Waals surface area (Å²) in [6.07, 6.45) is 48.5. The molecule has 10 nitrogen and oxygen atoms in total. The average Bonchev–Trinajstić information content (AvgIpc) is 3.23. The molecule has 11 heteroatoms. The molecule has 0 bridgehead atoms. The van der Waals surface area contributed by atoms with Gasteiger partial charge in [-0.25, -0.2) is 0 Å². The predicted octanol–water partition coefficient (Wildman–Crippen LogP) is 13.6. The molecule has 0 spiro atoms. The maximum Gasteiger partial charge on any atom is 0.306 e. The number of unbranched alkanes of at least 4 members (excludes halogenated alkanes) is 23. The van der Waals surface area contributed by atoms with Crippen LogP contribution in [0.25, 0.3) is 0 Å². The Kier molecular flexibility index (Phi) is 41.9. The minimum atomic E-state index is -4.65. The summed E-state index contributed by atoms with van der Waals surface area (Å²) in [5, 5.41) is 0. The van der Waals surface area contributed by atoms with Crippen LogP contribution in [0.5, 0.6) is 0 Å². The van der Waals surface area contributed by atoms with Crippen molar-refractivity contribution in [1.82, 2.24) is 0 Å². The fourth-order valence-electron chi connectivity index (χ4n) is 6.84. The van der Waals surface area contributed by atoms with Crippen LogP contribution in [0.3, 0.4) is 0 Å². The number of rotatable bonds is 46. The van der Waals surface area contributed by atoms with Crippen molar-refractivity contribution >= 4 is 25.5 Å². The van der Waals surface area contributed by atoms with Gasteiger partial charge in [-0.15, -0.1) is 0 Å². The number of phosphoric acid groups is 1. The third-order valence-electron chi connectivity index (χ3n) is 10.8. The number of carbonyl (C=O) groups is 3. The number of ether oxygens (including phenoxy) is 2. The van der Waals surface area contributed by atoms with Crippen LogP contribution < -0.4 is 4.89 Å². The van der Waals surface area contributed by atoms with Crippen molar-refractivity contribution < 1.29 is 46.8 Å². The Balaban J connectivity index is 4.35. The number of allylic oxidation sites excluding steroid dienone is 8. The smallest absolute Gasteiger partial charge is 0.306 e. The van der Waals surface area contributed by atoms with E-state index in [2.05, 4.69) is 26.0 Å². The Morgan fingerprint density at radius 3 is 1.54 bits per heavy atom. The van der Waals surface area contributed by atoms with Crippen LogP contribution in [0.1, 0.15) is 213 Å². The second-order valence-electron chi connectivity index (χ2n) is 18.2. The van der Waals surface area contributed by atoms with Gasteiger partial charge in [0.15, 0.2) is 11.9 Å². The maximum absolute atomic E-state index is 12.7. The molecule has 0 aromatic rings. The number of nitrogens with zero attached hydrogens (tertiary/aromatic N) is 1. The first kappa shape index (κ1) is 60.6. The maximum atomic E-state index is 12.7. The molecule has 0 aromatic heterocycles. The molecule has 0 aliphatic carbocycles. The van der Waals surface area contributed by atoms with Gasteiger partial charge in [0.1, 0.15) is 19.8 Å². The molecule has 2 atom stereocenters. The van der Waals surface area contributed by atoms with Crippen LogP contribution in [0, 0.1) is 0 Å². The number of hydrogen-bond acceptors (Lipinski definition) is 9. The molecule has 0 rings (SSSR count). The number of hydrogen-bond donors (Lipinski definition) is 0. The largest absolute Gasteiger partial charge is 0.756 e. The predicted molar refractivity (Wildman–Crippen MR) is 259 cm³/mol. The lowest BCUT2D eigenvalue weighted by atomic mass is 10.0. The molecule has 1 unspecified atom stereocenters. The third-order valence-corrected chi connectivity index (χ3v) is 11.8. The van der Waals surface area contributed by atoms with E-state index in [0.717, 1.165) is 51.4 Å². The summed E-state index contributed by atoms with van der Waals surface area (Å²) in [6, 6.07) is 0. The first-order chi connectivity index (χ1) is 30.4. The second kappa shape index (κ2) is 43.5. The van der Waals surface area contributed by atoms with Gasteiger partial charge in [-0.3, -0.25) is 18.9 Å². The topological polar surface area (TPSA) is 128 Å². The van der Waals surface area contributed by atoms with E-state index in [4.69, 9.17) is 18.5 Å². The molecule has 0 aliphatic heterocycles. The average molecular weight is 908 g/mol. The SMILES string of the molecule is CCCCCCCCCCCCCCCCCCCCCCCC(=O)O[C@H](COC(=O)CCC/C=C\C/C=C\C/C=C\C=C\C(=O)CCCCC)COP(=O)([O-])OCC[N+](C)(C)C. The molecular weight excluding hydrogens is 814 g/mol. The number of esters is 2. The summed E-state index contributed by atoms with van der Waals surface area (Å²) in [6.45, 7) is 4.01. The van der Waals surface area contributed by atoms with E-state index in [9.17, 15) is 23.8 Å². The second-order valence-corrected chi connectivity index (χ2v) is 19.6. The highest BCUT2D eigenvalue weighted by Gasteiger charge is 2.21. The summed E-state index contributed by atoms with van der Waals surface area (Å²) in [7, 11) is 1.11. The standard InChI is InChI=1S/C52H94NO9P/c1-6-8-10-11-12-13-14-15-16-17-18-19-20-21-22-23-26-30-33-36-40-44-52(56)62-50(48-61-63(57,58)60-46-45-53(3,4)5)47-59-51(55)43-39-35-32-29-27-24-25-28-31-34-38-42-49(54)41-37-9-7-2/h24-25,29,31-32,34,38,42,50H,6-23,26-28,30,33,35-37,39-41,43-48H2,1-5H3/b25-24-,32-29-,34-31-,42-38+/t50-/m1/s1. The number of ketones is 1. The molecule has 366 valence electrons. The van der Waals surface area contributed by atoms with E-state index in [1.807, 2.05) is 45.4 Å². The molecule has 0 aliphatic rings. The molecule has 0 saturated carbocycles. The van der Waals surface area contributed by atoms with E-state index in [1.165, 1.54) is 109 Å². The number of likely N-dealkylation sites (N-methyl/N-ethyl adjacent to an activating group) is 1. The first-order valence-corrected chi connectivity index (χ1v) is 26.8. The van der Waals surface area contributed by atoms with Crippen LogP contribution in [-0.4, -0.2) is 75.8 Å². The Morgan fingerprint density at radius 2 is 1.00 bits per heavy atom. The minimum Gasteiger partial charge on any atom is -0.756 e. The summed E-state index contributed by atoms with van der Waals surface area (Å²) in [5.41, 5.74) is 0. The van der Waals surface area contributed by atoms with Gasteiger partial charge in [-0.1, -0.05) is 198 Å². The van der Waals surface area contributed by atoms with Crippen molar-refractivity contribution in [3.05, 3.63) is 48.6 Å². The molecular formula is C52H94NO9P. The van der Waals surface area contributed by atoms with Gasteiger partial charge >= 0.3 is 11.9 Å². The zero-order valence-corrected chi connectivity index (χ0v) is 41.9. The highest BCUT2D eigenvalue weighted by molar-refractivity contribution is 7.45. The lowest BCUT2D eigenvalue weighted by Crippen LogP contribution is -2.37. The number of carbonyl (C=O) groups excluding carboxylic acids is 3. The zero-order valence-electron chi connectivity index (χ0n) is 41.0. The molecule has 0 N–H and O–H groups in total. The van der Waals surface area contributed by atoms with Crippen molar-refractivity contribution in [3.63, 3.8) is 0 Å². The van der Waals surface area contributed by atoms with Crippen LogP contribution in [0.4, 0.5) is 0 Å². The quantitative estimate of drug-likeness (QED) is 0.0111. The van der Waals surface area contributed by atoms with Gasteiger partial charge in [-0.05, 0) is 44.6 Å². The van der Waals surface area contributed by atoms with Gasteiger partial charge < -0.3 is 27.9 Å². The van der Waals surface area contributed by atoms with E-state index < -0.39 is 32.5 Å². The number of phosphoric ester groups is 1. The summed E-state index contributed by atoms with van der Waals surface area (Å²) < 4.78 is 33.9. The summed E-state index contributed by atoms with van der Waals surface area (Å²) in [4.78, 5) is 49.4. The molecule has 0 aromatic carbocycles. The normalized spacial score (nSPS) is 13.7. The zero-order chi connectivity index (χ0) is 46.5. The molecule has 0 radical (unpaired) electrons. The Labute approximate surface area is 386 Å². The highest BCUT2D eigenvalue weighted by atomic mass is 31.2. The van der Waals surface area contributed by atoms with Gasteiger partial charge in [0, 0.05) is 19.3 Å². The summed E-state index contributed by atoms with van der Waals surface area (Å²) in [5.74, 6) is -0.758. The Morgan fingerprint density at radius 1 is 0.540 bits per heavy atom. The van der Waals surface area contributed by atoms with Gasteiger partial charge in [0.25, 0.3) is 7.82 Å². The lowest BCUT2D eigenvalue weighted by molar-refractivity contribution is -0.870. The highest BCUT2D eigenvalue weighted by Crippen LogP contribution is 2.38. The number of quaternary nitrogens is 1. The van der Waals surface area contributed by atoms with Crippen LogP contribution in [0.2, 0.25) is 0 Å². The van der Waals surface area contributed by atoms with Crippen LogP contribution >= 0.6 is 7.82 Å². The van der Waals surface area contributed by atoms with Crippen molar-refractivity contribution in [1.29, 1.82) is 0 Å². The van der Waals surface area contributed by atoms with Gasteiger partial charge in [-0.2, -0.15) is 0 Å². The fraction of sp³-hybridized carbons (Fsp3) is 0.788. The molecule has 0 heterocycles. The first-order valence-electron chi connectivity index (χ1n) is 25.3. The molecule has 0 saturated heterocycles. The summed E-state index contributed by atoms with van der Waals surface area (Å²) >= 11 is 0. The van der Waals surface area contributed by atoms with Crippen LogP contribution in [0.15, 0.2) is 48.6 Å². The van der Waals surface area contributed by atoms with E-state index >= 15 is 0 Å². The Bertz CT molecular complexity index is 1270. The molecule has 0 amide bonds. The fourth-order valence-corrected chi connectivity index (χ4v) is 7.57. The van der Waals surface area contributed by atoms with E-state index in [-0.39, 0.29) is 31.8 Å². The third kappa shape index (κ3) is 47.4. The van der Waals surface area contributed by atoms with E-state index in [1.54, 1.807) is 12.2 Å². The van der Waals surface area contributed by atoms with Crippen molar-refractivity contribution in [2.24, 2.45) is 0 Å². The monoisotopic (exact) mass is 908 g/mol. The van der Waals surface area contributed by atoms with Gasteiger partial charge in [0.2, 0.25) is 0 Å². The Hall–Kier alpha value is -2.36. The van der Waals surface area contributed by atoms with Crippen LogP contribution in [-0.2, 0) is 37.5 Å². The molecule has 63 heavy (non-hydrogen) atoms. The van der Waals surface area contributed by atoms with Gasteiger partial charge in [0.05, 0.1) is 27.7 Å². The van der Waals surface area contributed by atoms with Crippen molar-refractivity contribution in [2.45, 2.75) is 219 Å². The molecule has 0 fully saturated rings. The lowest BCUT2D eigenvalue weighted by Gasteiger charge is -2.28. The minimum absolute atomic E-state index is 0.0491. The van der Waals surface area contributed by atoms with E-state index in [0.29, 0.717) is 36.7 Å². The van der Waals surface area contributed by atoms with Crippen molar-refractivity contribution in [2.75, 3.05) is 47.5 Å². The van der Waals surface area contributed by atoms with Crippen molar-refractivity contribution in [3.8, 4) is 0 Å².